The standard InChI is InChI=1S/C9H8BrFO4/c1-3-2-4(7(12)9(14)15)6(11)8(13)5(3)10/h2,7,12-13H,1H3,(H,14,15). The van der Waals surface area contributed by atoms with Crippen LogP contribution in [0.25, 0.3) is 0 Å². The second kappa shape index (κ2) is 4.16. The number of benzene rings is 1. The summed E-state index contributed by atoms with van der Waals surface area (Å²) in [5.74, 6) is -3.41. The molecule has 1 aromatic carbocycles. The van der Waals surface area contributed by atoms with Crippen LogP contribution in [0.15, 0.2) is 10.5 Å². The van der Waals surface area contributed by atoms with Crippen molar-refractivity contribution in [3.8, 4) is 5.75 Å². The van der Waals surface area contributed by atoms with Crippen LogP contribution in [0.1, 0.15) is 17.2 Å². The van der Waals surface area contributed by atoms with E-state index < -0.39 is 29.2 Å². The predicted molar refractivity (Wildman–Crippen MR) is 53.1 cm³/mol. The van der Waals surface area contributed by atoms with E-state index in [2.05, 4.69) is 15.9 Å². The fourth-order valence-electron chi connectivity index (χ4n) is 1.11. The van der Waals surface area contributed by atoms with Gasteiger partial charge in [-0.25, -0.2) is 9.18 Å². The van der Waals surface area contributed by atoms with Gasteiger partial charge >= 0.3 is 5.97 Å². The van der Waals surface area contributed by atoms with E-state index in [1.807, 2.05) is 0 Å². The SMILES string of the molecule is Cc1cc(C(O)C(=O)O)c(F)c(O)c1Br. The lowest BCUT2D eigenvalue weighted by atomic mass is 10.1. The van der Waals surface area contributed by atoms with Crippen molar-refractivity contribution in [2.24, 2.45) is 0 Å². The van der Waals surface area contributed by atoms with Crippen LogP contribution in [0, 0.1) is 12.7 Å². The first kappa shape index (κ1) is 11.9. The highest BCUT2D eigenvalue weighted by molar-refractivity contribution is 9.10. The molecule has 4 nitrogen and oxygen atoms in total. The molecule has 15 heavy (non-hydrogen) atoms. The number of phenolic OH excluding ortho intramolecular Hbond substituents is 1. The van der Waals surface area contributed by atoms with Crippen LogP contribution in [0.3, 0.4) is 0 Å². The Morgan fingerprint density at radius 1 is 1.60 bits per heavy atom. The Bertz CT molecular complexity index is 419. The van der Waals surface area contributed by atoms with E-state index in [0.29, 0.717) is 5.56 Å². The maximum absolute atomic E-state index is 13.3. The highest BCUT2D eigenvalue weighted by Crippen LogP contribution is 2.34. The molecule has 3 N–H and O–H groups in total. The molecule has 1 aromatic rings. The van der Waals surface area contributed by atoms with Crippen molar-refractivity contribution >= 4 is 21.9 Å². The lowest BCUT2D eigenvalue weighted by Crippen LogP contribution is -2.12. The number of aliphatic carboxylic acids is 1. The minimum Gasteiger partial charge on any atom is -0.504 e. The smallest absolute Gasteiger partial charge is 0.337 e. The first-order chi connectivity index (χ1) is 6.86. The zero-order valence-corrected chi connectivity index (χ0v) is 9.25. The van der Waals surface area contributed by atoms with Crippen LogP contribution in [0.5, 0.6) is 5.75 Å². The number of carboxylic acid groups (broad SMARTS) is 1. The maximum Gasteiger partial charge on any atom is 0.337 e. The van der Waals surface area contributed by atoms with Gasteiger partial charge in [0, 0.05) is 5.56 Å². The minimum atomic E-state index is -1.98. The average molecular weight is 279 g/mol. The van der Waals surface area contributed by atoms with E-state index in [1.165, 1.54) is 0 Å². The average Bonchev–Trinajstić information content (AvgIpc) is 2.19. The molecule has 0 radical (unpaired) electrons. The fraction of sp³-hybridized carbons (Fsp3) is 0.222. The molecule has 0 aromatic heterocycles. The van der Waals surface area contributed by atoms with E-state index in [4.69, 9.17) is 10.2 Å². The molecular weight excluding hydrogens is 271 g/mol. The summed E-state index contributed by atoms with van der Waals surface area (Å²) in [6.45, 7) is 1.54. The topological polar surface area (TPSA) is 77.8 Å². The summed E-state index contributed by atoms with van der Waals surface area (Å²) in [6, 6.07) is 1.16. The minimum absolute atomic E-state index is 0.140. The number of carbonyl (C=O) groups is 1. The van der Waals surface area contributed by atoms with Gasteiger partial charge in [0.1, 0.15) is 0 Å². The second-order valence-electron chi connectivity index (χ2n) is 3.00. The lowest BCUT2D eigenvalue weighted by Gasteiger charge is -2.11. The zero-order chi connectivity index (χ0) is 11.7. The third-order valence-corrected chi connectivity index (χ3v) is 2.92. The van der Waals surface area contributed by atoms with Crippen molar-refractivity contribution in [2.75, 3.05) is 0 Å². The summed E-state index contributed by atoms with van der Waals surface area (Å²) in [7, 11) is 0. The number of hydrogen-bond donors (Lipinski definition) is 3. The summed E-state index contributed by atoms with van der Waals surface area (Å²) >= 11 is 2.93. The summed E-state index contributed by atoms with van der Waals surface area (Å²) < 4.78 is 13.5. The van der Waals surface area contributed by atoms with Crippen LogP contribution < -0.4 is 0 Å². The summed E-state index contributed by atoms with van der Waals surface area (Å²) in [4.78, 5) is 10.4. The molecule has 0 aliphatic carbocycles. The number of carboxylic acids is 1. The Morgan fingerprint density at radius 3 is 2.60 bits per heavy atom. The molecule has 1 rings (SSSR count). The first-order valence-electron chi connectivity index (χ1n) is 3.94. The number of aliphatic hydroxyl groups excluding tert-OH is 1. The van der Waals surface area contributed by atoms with Gasteiger partial charge in [0.2, 0.25) is 0 Å². The first-order valence-corrected chi connectivity index (χ1v) is 4.74. The van der Waals surface area contributed by atoms with Crippen LogP contribution in [0.4, 0.5) is 4.39 Å². The normalized spacial score (nSPS) is 12.5. The van der Waals surface area contributed by atoms with Gasteiger partial charge in [-0.3, -0.25) is 0 Å². The fourth-order valence-corrected chi connectivity index (χ4v) is 1.40. The van der Waals surface area contributed by atoms with Crippen molar-refractivity contribution in [3.05, 3.63) is 27.5 Å². The Morgan fingerprint density at radius 2 is 2.13 bits per heavy atom. The predicted octanol–water partition coefficient (Wildman–Crippen LogP) is 1.72. The van der Waals surface area contributed by atoms with Crippen molar-refractivity contribution in [2.45, 2.75) is 13.0 Å². The van der Waals surface area contributed by atoms with Gasteiger partial charge in [0.25, 0.3) is 0 Å². The third-order valence-electron chi connectivity index (χ3n) is 1.92. The molecule has 82 valence electrons. The monoisotopic (exact) mass is 278 g/mol. The number of aromatic hydroxyl groups is 1. The number of rotatable bonds is 2. The number of phenols is 1. The largest absolute Gasteiger partial charge is 0.504 e. The summed E-state index contributed by atoms with van der Waals surface area (Å²) in [6.07, 6.45) is -1.98. The van der Waals surface area contributed by atoms with Crippen LogP contribution in [0.2, 0.25) is 0 Å². The van der Waals surface area contributed by atoms with E-state index in [-0.39, 0.29) is 4.47 Å². The molecule has 0 saturated carbocycles. The molecule has 0 amide bonds. The van der Waals surface area contributed by atoms with Gasteiger partial charge in [0.15, 0.2) is 17.7 Å². The van der Waals surface area contributed by atoms with E-state index in [1.54, 1.807) is 6.92 Å². The lowest BCUT2D eigenvalue weighted by molar-refractivity contribution is -0.147. The van der Waals surface area contributed by atoms with Crippen molar-refractivity contribution in [1.82, 2.24) is 0 Å². The number of hydrogen-bond acceptors (Lipinski definition) is 3. The Hall–Kier alpha value is -1.14. The highest BCUT2D eigenvalue weighted by Gasteiger charge is 2.24. The molecule has 0 spiro atoms. The van der Waals surface area contributed by atoms with Crippen molar-refractivity contribution < 1.29 is 24.5 Å². The van der Waals surface area contributed by atoms with E-state index in [9.17, 15) is 14.3 Å². The molecular formula is C9H8BrFO4. The molecule has 0 saturated heterocycles. The van der Waals surface area contributed by atoms with Gasteiger partial charge in [-0.15, -0.1) is 0 Å². The molecule has 1 unspecified atom stereocenters. The molecule has 0 fully saturated rings. The van der Waals surface area contributed by atoms with Crippen LogP contribution in [-0.2, 0) is 4.79 Å². The third kappa shape index (κ3) is 2.10. The second-order valence-corrected chi connectivity index (χ2v) is 3.79. The highest BCUT2D eigenvalue weighted by atomic mass is 79.9. The summed E-state index contributed by atoms with van der Waals surface area (Å²) in [5.41, 5.74) is -0.0232. The van der Waals surface area contributed by atoms with E-state index >= 15 is 0 Å². The number of halogens is 2. The van der Waals surface area contributed by atoms with Gasteiger partial charge in [0.05, 0.1) is 4.47 Å². The Balaban J connectivity index is 3.38. The van der Waals surface area contributed by atoms with Crippen LogP contribution >= 0.6 is 15.9 Å². The zero-order valence-electron chi connectivity index (χ0n) is 7.66. The van der Waals surface area contributed by atoms with Crippen molar-refractivity contribution in [3.63, 3.8) is 0 Å². The van der Waals surface area contributed by atoms with Crippen LogP contribution in [-0.4, -0.2) is 21.3 Å². The number of aryl methyl sites for hydroxylation is 1. The van der Waals surface area contributed by atoms with Gasteiger partial charge < -0.3 is 15.3 Å². The quantitative estimate of drug-likeness (QED) is 0.770. The van der Waals surface area contributed by atoms with E-state index in [0.717, 1.165) is 6.07 Å². The molecule has 0 aliphatic rings. The van der Waals surface area contributed by atoms with Crippen molar-refractivity contribution in [1.29, 1.82) is 0 Å². The molecule has 0 heterocycles. The number of aliphatic hydroxyl groups is 1. The molecule has 6 heteroatoms. The molecule has 0 bridgehead atoms. The van der Waals surface area contributed by atoms with Gasteiger partial charge in [-0.1, -0.05) is 0 Å². The Labute approximate surface area is 93.1 Å². The maximum atomic E-state index is 13.3. The Kier molecular flexibility index (Phi) is 3.31. The molecule has 1 atom stereocenters. The van der Waals surface area contributed by atoms with Gasteiger partial charge in [-0.05, 0) is 34.5 Å². The van der Waals surface area contributed by atoms with Gasteiger partial charge in [-0.2, -0.15) is 0 Å². The summed E-state index contributed by atoms with van der Waals surface area (Å²) in [5, 5.41) is 26.9. The molecule has 0 aliphatic heterocycles.